The number of rotatable bonds is 5. The van der Waals surface area contributed by atoms with Gasteiger partial charge in [-0.3, -0.25) is 19.5 Å². The van der Waals surface area contributed by atoms with Crippen molar-refractivity contribution in [2.75, 3.05) is 39.8 Å². The summed E-state index contributed by atoms with van der Waals surface area (Å²) >= 11 is 0. The Kier molecular flexibility index (Phi) is 8.11. The zero-order valence-corrected chi connectivity index (χ0v) is 18.0. The smallest absolute Gasteiger partial charge is 0.324 e. The van der Waals surface area contributed by atoms with Crippen molar-refractivity contribution in [2.24, 2.45) is 10.9 Å². The van der Waals surface area contributed by atoms with E-state index in [1.165, 1.54) is 17.7 Å². The molecule has 0 aromatic rings. The van der Waals surface area contributed by atoms with Crippen LogP contribution in [0.1, 0.15) is 32.1 Å². The molecule has 3 aliphatic rings. The fraction of sp³-hybridized carbons (Fsp3) is 0.765. The fourth-order valence-corrected chi connectivity index (χ4v) is 3.86. The summed E-state index contributed by atoms with van der Waals surface area (Å²) in [4.78, 5) is 42.9. The molecule has 1 unspecified atom stereocenters. The predicted octanol–water partition coefficient (Wildman–Crippen LogP) is 0.112. The summed E-state index contributed by atoms with van der Waals surface area (Å²) in [6, 6.07) is -0.181. The third kappa shape index (κ3) is 5.45. The first-order valence-electron chi connectivity index (χ1n) is 9.42. The van der Waals surface area contributed by atoms with Crippen LogP contribution in [0.5, 0.6) is 0 Å². The zero-order chi connectivity index (χ0) is 18.5. The van der Waals surface area contributed by atoms with Gasteiger partial charge in [-0.25, -0.2) is 4.79 Å². The first kappa shape index (κ1) is 21.7. The van der Waals surface area contributed by atoms with Gasteiger partial charge in [-0.05, 0) is 19.3 Å². The van der Waals surface area contributed by atoms with Crippen LogP contribution in [-0.2, 0) is 9.59 Å². The molecule has 1 atom stereocenters. The molecular weight excluding hydrogens is 463 g/mol. The number of nitrogens with zero attached hydrogens (tertiary/aromatic N) is 3. The van der Waals surface area contributed by atoms with E-state index < -0.39 is 0 Å². The molecule has 0 bridgehead atoms. The van der Waals surface area contributed by atoms with Gasteiger partial charge < -0.3 is 20.9 Å². The summed E-state index contributed by atoms with van der Waals surface area (Å²) in [5.74, 6) is 0.928. The molecular formula is C17H29IN6O3. The molecule has 10 heteroatoms. The highest BCUT2D eigenvalue weighted by molar-refractivity contribution is 14.0. The van der Waals surface area contributed by atoms with Gasteiger partial charge in [0.1, 0.15) is 0 Å². The number of hydrogen-bond acceptors (Lipinski definition) is 4. The summed E-state index contributed by atoms with van der Waals surface area (Å²) in [7, 11) is 1.68. The number of likely N-dealkylation sites (tertiary alicyclic amines) is 1. The topological polar surface area (TPSA) is 106 Å². The Morgan fingerprint density at radius 1 is 1.26 bits per heavy atom. The standard InChI is InChI=1S/C17H28N6O3.HI/c1-18-16(19-7-9-23-14(24)10-20-17(23)26)21-13-6-8-22(11-13)15(25)12-4-2-3-5-12;/h12-13H,2-11H2,1H3,(H,20,26)(H2,18,19,21);1H. The molecule has 0 aromatic carbocycles. The second kappa shape index (κ2) is 10.1. The Morgan fingerprint density at radius 3 is 2.63 bits per heavy atom. The highest BCUT2D eigenvalue weighted by Gasteiger charge is 2.32. The fourth-order valence-electron chi connectivity index (χ4n) is 3.86. The molecule has 2 saturated heterocycles. The Hall–Kier alpha value is -1.59. The number of guanidine groups is 1. The van der Waals surface area contributed by atoms with Crippen LogP contribution in [0.15, 0.2) is 4.99 Å². The average Bonchev–Trinajstić information content (AvgIpc) is 3.38. The van der Waals surface area contributed by atoms with Crippen LogP contribution in [0, 0.1) is 5.92 Å². The van der Waals surface area contributed by atoms with E-state index in [4.69, 9.17) is 0 Å². The Bertz CT molecular complexity index is 577. The molecule has 27 heavy (non-hydrogen) atoms. The molecule has 152 valence electrons. The predicted molar refractivity (Wildman–Crippen MR) is 112 cm³/mol. The molecule has 0 radical (unpaired) electrons. The van der Waals surface area contributed by atoms with E-state index in [1.807, 2.05) is 4.90 Å². The van der Waals surface area contributed by atoms with E-state index in [9.17, 15) is 14.4 Å². The van der Waals surface area contributed by atoms with Gasteiger partial charge in [0.25, 0.3) is 0 Å². The molecule has 4 amide bonds. The van der Waals surface area contributed by atoms with Crippen molar-refractivity contribution in [1.82, 2.24) is 25.8 Å². The van der Waals surface area contributed by atoms with E-state index in [0.29, 0.717) is 31.5 Å². The molecule has 1 aliphatic carbocycles. The second-order valence-electron chi connectivity index (χ2n) is 7.10. The SMILES string of the molecule is CN=C(NCCN1C(=O)CNC1=O)NC1CCN(C(=O)C2CCCC2)C1.I. The molecule has 1 saturated carbocycles. The summed E-state index contributed by atoms with van der Waals surface area (Å²) in [5, 5.41) is 8.95. The van der Waals surface area contributed by atoms with Gasteiger partial charge >= 0.3 is 6.03 Å². The molecule has 2 heterocycles. The van der Waals surface area contributed by atoms with Crippen molar-refractivity contribution >= 4 is 47.8 Å². The lowest BCUT2D eigenvalue weighted by Crippen LogP contribution is -2.47. The Labute approximate surface area is 176 Å². The van der Waals surface area contributed by atoms with Gasteiger partial charge in [0.05, 0.1) is 6.54 Å². The molecule has 3 N–H and O–H groups in total. The van der Waals surface area contributed by atoms with Crippen LogP contribution in [0.25, 0.3) is 0 Å². The van der Waals surface area contributed by atoms with Crippen LogP contribution in [0.2, 0.25) is 0 Å². The summed E-state index contributed by atoms with van der Waals surface area (Å²) in [6.07, 6.45) is 5.28. The van der Waals surface area contributed by atoms with Gasteiger partial charge in [0.2, 0.25) is 11.8 Å². The summed E-state index contributed by atoms with van der Waals surface area (Å²) in [5.41, 5.74) is 0. The van der Waals surface area contributed by atoms with E-state index in [1.54, 1.807) is 7.05 Å². The van der Waals surface area contributed by atoms with Crippen LogP contribution in [-0.4, -0.2) is 79.4 Å². The largest absolute Gasteiger partial charge is 0.355 e. The van der Waals surface area contributed by atoms with Crippen molar-refractivity contribution in [1.29, 1.82) is 0 Å². The first-order chi connectivity index (χ1) is 12.6. The van der Waals surface area contributed by atoms with Gasteiger partial charge in [-0.2, -0.15) is 0 Å². The van der Waals surface area contributed by atoms with Gasteiger partial charge in [-0.1, -0.05) is 12.8 Å². The number of aliphatic imine (C=N–C) groups is 1. The van der Waals surface area contributed by atoms with Crippen molar-refractivity contribution in [3.63, 3.8) is 0 Å². The number of imide groups is 1. The van der Waals surface area contributed by atoms with Gasteiger partial charge in [0.15, 0.2) is 5.96 Å². The third-order valence-corrected chi connectivity index (χ3v) is 5.33. The number of nitrogens with one attached hydrogen (secondary N) is 3. The number of urea groups is 1. The minimum atomic E-state index is -0.350. The van der Waals surface area contributed by atoms with Crippen molar-refractivity contribution < 1.29 is 14.4 Å². The normalized spacial score (nSPS) is 23.4. The second-order valence-corrected chi connectivity index (χ2v) is 7.10. The number of halogens is 1. The molecule has 0 spiro atoms. The Balaban J connectivity index is 0.00000261. The maximum atomic E-state index is 12.5. The molecule has 0 aromatic heterocycles. The number of carbonyl (C=O) groups is 3. The number of hydrogen-bond donors (Lipinski definition) is 3. The highest BCUT2D eigenvalue weighted by atomic mass is 127. The van der Waals surface area contributed by atoms with E-state index in [2.05, 4.69) is 20.9 Å². The maximum absolute atomic E-state index is 12.5. The minimum Gasteiger partial charge on any atom is -0.355 e. The quantitative estimate of drug-likeness (QED) is 0.219. The van der Waals surface area contributed by atoms with Crippen molar-refractivity contribution in [3.8, 4) is 0 Å². The van der Waals surface area contributed by atoms with Crippen molar-refractivity contribution in [3.05, 3.63) is 0 Å². The lowest BCUT2D eigenvalue weighted by molar-refractivity contribution is -0.134. The van der Waals surface area contributed by atoms with E-state index in [0.717, 1.165) is 25.8 Å². The average molecular weight is 492 g/mol. The molecule has 9 nitrogen and oxygen atoms in total. The maximum Gasteiger partial charge on any atom is 0.324 e. The van der Waals surface area contributed by atoms with Crippen molar-refractivity contribution in [2.45, 2.75) is 38.1 Å². The Morgan fingerprint density at radius 2 is 2.00 bits per heavy atom. The molecule has 3 fully saturated rings. The van der Waals surface area contributed by atoms with E-state index >= 15 is 0 Å². The molecule has 2 aliphatic heterocycles. The lowest BCUT2D eigenvalue weighted by atomic mass is 10.1. The van der Waals surface area contributed by atoms with E-state index in [-0.39, 0.29) is 54.4 Å². The first-order valence-corrected chi connectivity index (χ1v) is 9.42. The monoisotopic (exact) mass is 492 g/mol. The summed E-state index contributed by atoms with van der Waals surface area (Å²) < 4.78 is 0. The zero-order valence-electron chi connectivity index (χ0n) is 15.7. The molecule has 3 rings (SSSR count). The lowest BCUT2D eigenvalue weighted by Gasteiger charge is -2.22. The summed E-state index contributed by atoms with van der Waals surface area (Å²) in [6.45, 7) is 2.27. The highest BCUT2D eigenvalue weighted by Crippen LogP contribution is 2.27. The third-order valence-electron chi connectivity index (χ3n) is 5.33. The van der Waals surface area contributed by atoms with Crippen LogP contribution in [0.3, 0.4) is 0 Å². The minimum absolute atomic E-state index is 0. The van der Waals surface area contributed by atoms with Gasteiger partial charge in [0, 0.05) is 45.2 Å². The number of carbonyl (C=O) groups excluding carboxylic acids is 3. The number of amides is 4. The van der Waals surface area contributed by atoms with Crippen LogP contribution >= 0.6 is 24.0 Å². The van der Waals surface area contributed by atoms with Crippen LogP contribution < -0.4 is 16.0 Å². The van der Waals surface area contributed by atoms with Crippen LogP contribution in [0.4, 0.5) is 4.79 Å². The van der Waals surface area contributed by atoms with Gasteiger partial charge in [-0.15, -0.1) is 24.0 Å².